The van der Waals surface area contributed by atoms with Gasteiger partial charge in [-0.2, -0.15) is 5.10 Å². The molecule has 0 fully saturated rings. The quantitative estimate of drug-likeness (QED) is 0.542. The molecule has 2 aromatic rings. The maximum absolute atomic E-state index is 12.6. The van der Waals surface area contributed by atoms with Crippen LogP contribution in [0.5, 0.6) is 0 Å². The van der Waals surface area contributed by atoms with Gasteiger partial charge in [-0.1, -0.05) is 38.0 Å². The highest BCUT2D eigenvalue weighted by Gasteiger charge is 2.19. The van der Waals surface area contributed by atoms with Crippen molar-refractivity contribution < 1.29 is 23.9 Å². The van der Waals surface area contributed by atoms with Gasteiger partial charge in [-0.3, -0.25) is 14.9 Å². The average molecular weight is 389 g/mol. The van der Waals surface area contributed by atoms with Crippen molar-refractivity contribution in [3.63, 3.8) is 0 Å². The van der Waals surface area contributed by atoms with Crippen LogP contribution in [0.3, 0.4) is 0 Å². The first-order chi connectivity index (χ1) is 13.5. The third-order valence-corrected chi connectivity index (χ3v) is 3.89. The molecule has 0 saturated heterocycles. The van der Waals surface area contributed by atoms with E-state index < -0.39 is 24.6 Å². The first-order valence-corrected chi connectivity index (χ1v) is 9.11. The van der Waals surface area contributed by atoms with Gasteiger partial charge in [0.2, 0.25) is 0 Å². The van der Waals surface area contributed by atoms with Gasteiger partial charge in [0, 0.05) is 11.9 Å². The summed E-state index contributed by atoms with van der Waals surface area (Å²) in [6, 6.07) is 6.58. The van der Waals surface area contributed by atoms with E-state index in [4.69, 9.17) is 4.74 Å². The van der Waals surface area contributed by atoms with Crippen LogP contribution in [0.4, 0.5) is 4.79 Å². The maximum atomic E-state index is 12.6. The molecule has 1 aromatic heterocycles. The Morgan fingerprint density at radius 2 is 1.79 bits per heavy atom. The highest BCUT2D eigenvalue weighted by Crippen LogP contribution is 2.14. The van der Waals surface area contributed by atoms with E-state index in [1.807, 2.05) is 12.2 Å². The lowest BCUT2D eigenvalue weighted by Crippen LogP contribution is -2.35. The summed E-state index contributed by atoms with van der Waals surface area (Å²) in [5.41, 5.74) is -0.348. The minimum Gasteiger partial charge on any atom is -0.451 e. The first kappa shape index (κ1) is 21.1. The van der Waals surface area contributed by atoms with Crippen molar-refractivity contribution in [2.24, 2.45) is 0 Å². The van der Waals surface area contributed by atoms with Crippen LogP contribution >= 0.6 is 0 Å². The molecular formula is C19H23N3O6. The van der Waals surface area contributed by atoms with Gasteiger partial charge >= 0.3 is 12.1 Å². The minimum atomic E-state index is -0.920. The van der Waals surface area contributed by atoms with Crippen molar-refractivity contribution in [3.8, 4) is 0 Å². The van der Waals surface area contributed by atoms with E-state index in [-0.39, 0.29) is 17.9 Å². The van der Waals surface area contributed by atoms with Crippen molar-refractivity contribution in [3.05, 3.63) is 40.3 Å². The summed E-state index contributed by atoms with van der Waals surface area (Å²) < 4.78 is 10.8. The number of imide groups is 1. The van der Waals surface area contributed by atoms with Crippen LogP contribution in [0.25, 0.3) is 10.8 Å². The molecule has 150 valence electrons. The number of nitrogens with zero attached hydrogens (tertiary/aromatic N) is 2. The van der Waals surface area contributed by atoms with Gasteiger partial charge < -0.3 is 9.47 Å². The van der Waals surface area contributed by atoms with Crippen LogP contribution in [0.1, 0.15) is 43.6 Å². The zero-order chi connectivity index (χ0) is 20.5. The predicted molar refractivity (Wildman–Crippen MR) is 101 cm³/mol. The number of esters is 1. The summed E-state index contributed by atoms with van der Waals surface area (Å²) in [7, 11) is 0. The summed E-state index contributed by atoms with van der Waals surface area (Å²) in [5.74, 6) is -1.69. The highest BCUT2D eigenvalue weighted by atomic mass is 16.6. The van der Waals surface area contributed by atoms with Gasteiger partial charge in [-0.05, 0) is 19.4 Å². The Morgan fingerprint density at radius 3 is 2.46 bits per heavy atom. The molecule has 1 aromatic carbocycles. The average Bonchev–Trinajstić information content (AvgIpc) is 2.68. The number of rotatable bonds is 8. The lowest BCUT2D eigenvalue weighted by atomic mass is 10.1. The van der Waals surface area contributed by atoms with Crippen molar-refractivity contribution in [2.45, 2.75) is 39.7 Å². The summed E-state index contributed by atoms with van der Waals surface area (Å²) in [4.78, 5) is 47.9. The molecule has 0 bridgehead atoms. The number of hydrogen-bond donors (Lipinski definition) is 1. The molecule has 0 saturated carbocycles. The summed E-state index contributed by atoms with van der Waals surface area (Å²) in [5, 5.41) is 6.76. The molecule has 9 heteroatoms. The second-order valence-corrected chi connectivity index (χ2v) is 5.97. The number of amides is 2. The maximum Gasteiger partial charge on any atom is 0.413 e. The van der Waals surface area contributed by atoms with Crippen LogP contribution in [-0.2, 0) is 20.8 Å². The van der Waals surface area contributed by atoms with Crippen LogP contribution in [0, 0.1) is 0 Å². The molecule has 9 nitrogen and oxygen atoms in total. The van der Waals surface area contributed by atoms with E-state index in [2.05, 4.69) is 9.84 Å². The van der Waals surface area contributed by atoms with Gasteiger partial charge in [-0.15, -0.1) is 0 Å². The Morgan fingerprint density at radius 1 is 1.07 bits per heavy atom. The molecule has 1 heterocycles. The lowest BCUT2D eigenvalue weighted by molar-refractivity contribution is -0.123. The van der Waals surface area contributed by atoms with Gasteiger partial charge in [0.05, 0.1) is 12.0 Å². The Labute approximate surface area is 161 Å². The minimum absolute atomic E-state index is 0.0596. The topological polar surface area (TPSA) is 117 Å². The summed E-state index contributed by atoms with van der Waals surface area (Å²) >= 11 is 0. The van der Waals surface area contributed by atoms with Crippen LogP contribution in [-0.4, -0.2) is 41.0 Å². The number of benzene rings is 1. The highest BCUT2D eigenvalue weighted by molar-refractivity contribution is 6.03. The number of unbranched alkanes of at least 4 members (excludes halogenated alkanes) is 2. The Balaban J connectivity index is 2.21. The summed E-state index contributed by atoms with van der Waals surface area (Å²) in [6.45, 7) is 3.44. The summed E-state index contributed by atoms with van der Waals surface area (Å²) in [6.07, 6.45) is 1.73. The van der Waals surface area contributed by atoms with Crippen LogP contribution < -0.4 is 10.9 Å². The normalized spacial score (nSPS) is 10.5. The SMILES string of the molecule is CCCCCn1nc(C(=O)OCC(=O)NC(=O)OCC)c2ccccc2c1=O. The number of nitrogens with one attached hydrogen (secondary N) is 1. The molecule has 2 rings (SSSR count). The van der Waals surface area contributed by atoms with Crippen molar-refractivity contribution in [2.75, 3.05) is 13.2 Å². The Bertz CT molecular complexity index is 922. The van der Waals surface area contributed by atoms with E-state index in [0.717, 1.165) is 19.3 Å². The third kappa shape index (κ3) is 5.38. The smallest absolute Gasteiger partial charge is 0.413 e. The molecule has 28 heavy (non-hydrogen) atoms. The molecule has 0 spiro atoms. The second-order valence-electron chi connectivity index (χ2n) is 5.97. The Hall–Kier alpha value is -3.23. The van der Waals surface area contributed by atoms with Crippen molar-refractivity contribution in [1.29, 1.82) is 0 Å². The molecule has 0 aliphatic heterocycles. The monoisotopic (exact) mass is 389 g/mol. The molecule has 2 amide bonds. The number of carbonyl (C=O) groups is 3. The predicted octanol–water partition coefficient (Wildman–Crippen LogP) is 2.02. The van der Waals surface area contributed by atoms with Gasteiger partial charge in [-0.25, -0.2) is 14.3 Å². The number of carbonyl (C=O) groups excluding carboxylic acids is 3. The number of aryl methyl sites for hydroxylation is 1. The van der Waals surface area contributed by atoms with Crippen molar-refractivity contribution >= 4 is 28.7 Å². The molecule has 0 aliphatic carbocycles. The number of alkyl carbamates (subject to hydrolysis) is 1. The molecule has 0 radical (unpaired) electrons. The fourth-order valence-electron chi connectivity index (χ4n) is 2.57. The van der Waals surface area contributed by atoms with Crippen LogP contribution in [0.2, 0.25) is 0 Å². The lowest BCUT2D eigenvalue weighted by Gasteiger charge is -2.11. The van der Waals surface area contributed by atoms with E-state index in [1.54, 1.807) is 31.2 Å². The molecule has 0 atom stereocenters. The standard InChI is InChI=1S/C19H23N3O6/c1-3-5-8-11-22-17(24)14-10-7-6-9-13(14)16(21-22)18(25)28-12-15(23)20-19(26)27-4-2/h6-7,9-10H,3-5,8,11-12H2,1-2H3,(H,20,23,26). The number of hydrogen-bond acceptors (Lipinski definition) is 7. The molecule has 1 N–H and O–H groups in total. The number of ether oxygens (including phenoxy) is 2. The third-order valence-electron chi connectivity index (χ3n) is 3.89. The second kappa shape index (κ2) is 10.2. The van der Waals surface area contributed by atoms with E-state index >= 15 is 0 Å². The van der Waals surface area contributed by atoms with Gasteiger partial charge in [0.15, 0.2) is 12.3 Å². The van der Waals surface area contributed by atoms with Crippen molar-refractivity contribution in [1.82, 2.24) is 15.1 Å². The molecule has 0 aliphatic rings. The van der Waals surface area contributed by atoms with E-state index in [0.29, 0.717) is 17.3 Å². The van der Waals surface area contributed by atoms with E-state index in [1.165, 1.54) is 4.68 Å². The Kier molecular flexibility index (Phi) is 7.67. The zero-order valence-electron chi connectivity index (χ0n) is 15.9. The van der Waals surface area contributed by atoms with Crippen LogP contribution in [0.15, 0.2) is 29.1 Å². The number of fused-ring (bicyclic) bond motifs is 1. The fraction of sp³-hybridized carbons (Fsp3) is 0.421. The van der Waals surface area contributed by atoms with E-state index in [9.17, 15) is 19.2 Å². The van der Waals surface area contributed by atoms with Gasteiger partial charge in [0.1, 0.15) is 0 Å². The van der Waals surface area contributed by atoms with Gasteiger partial charge in [0.25, 0.3) is 11.5 Å². The largest absolute Gasteiger partial charge is 0.451 e. The first-order valence-electron chi connectivity index (χ1n) is 9.11. The molecular weight excluding hydrogens is 366 g/mol. The fourth-order valence-corrected chi connectivity index (χ4v) is 2.57. The molecule has 0 unspecified atom stereocenters. The number of aromatic nitrogens is 2. The zero-order valence-corrected chi connectivity index (χ0v) is 15.9.